The highest BCUT2D eigenvalue weighted by molar-refractivity contribution is 5.78. The van der Waals surface area contributed by atoms with Gasteiger partial charge in [0.25, 0.3) is 0 Å². The first-order chi connectivity index (χ1) is 16.8. The fourth-order valence-electron chi connectivity index (χ4n) is 4.10. The van der Waals surface area contributed by atoms with E-state index < -0.39 is 0 Å². The van der Waals surface area contributed by atoms with Crippen LogP contribution in [0.3, 0.4) is 0 Å². The van der Waals surface area contributed by atoms with Crippen LogP contribution in [0.5, 0.6) is 0 Å². The number of carbonyl (C=O) groups excluding carboxylic acids is 2. The van der Waals surface area contributed by atoms with Crippen molar-refractivity contribution in [3.63, 3.8) is 0 Å². The van der Waals surface area contributed by atoms with E-state index in [0.29, 0.717) is 0 Å². The molecule has 0 aliphatic heterocycles. The Hall–Kier alpha value is -2.70. The largest absolute Gasteiger partial charge is 0.461 e. The average molecular weight is 499 g/mol. The molecule has 0 spiro atoms. The number of carbonyl (C=O) groups is 2. The zero-order valence-electron chi connectivity index (χ0n) is 23.9. The third kappa shape index (κ3) is 10.9. The molecule has 0 unspecified atom stereocenters. The smallest absolute Gasteiger partial charge is 0.313 e. The highest BCUT2D eigenvalue weighted by atomic mass is 16.5. The van der Waals surface area contributed by atoms with Gasteiger partial charge in [0.15, 0.2) is 0 Å². The number of likely N-dealkylation sites (N-methyl/N-ethyl adjacent to an activating group) is 2. The lowest BCUT2D eigenvalue weighted by Crippen LogP contribution is -2.29. The summed E-state index contributed by atoms with van der Waals surface area (Å²) in [5.74, 6) is -0.732. The summed E-state index contributed by atoms with van der Waals surface area (Å²) in [6.45, 7) is 13.1. The second-order valence-electron chi connectivity index (χ2n) is 10.2. The summed E-state index contributed by atoms with van der Waals surface area (Å²) in [5, 5.41) is 0. The van der Waals surface area contributed by atoms with Gasteiger partial charge in [0.05, 0.1) is 11.8 Å². The van der Waals surface area contributed by atoms with Crippen LogP contribution in [0.2, 0.25) is 0 Å². The van der Waals surface area contributed by atoms with E-state index in [4.69, 9.17) is 9.47 Å². The molecule has 2 rings (SSSR count). The van der Waals surface area contributed by atoms with Gasteiger partial charge in [-0.2, -0.15) is 0 Å². The predicted molar refractivity (Wildman–Crippen MR) is 147 cm³/mol. The van der Waals surface area contributed by atoms with Gasteiger partial charge in [0.1, 0.15) is 12.2 Å². The summed E-state index contributed by atoms with van der Waals surface area (Å²) in [6, 6.07) is 15.9. The number of benzene rings is 2. The summed E-state index contributed by atoms with van der Waals surface area (Å²) >= 11 is 0. The summed E-state index contributed by atoms with van der Waals surface area (Å²) in [6.07, 6.45) is -0.169. The van der Waals surface area contributed by atoms with Crippen molar-refractivity contribution in [3.8, 4) is 0 Å². The molecule has 0 aliphatic carbocycles. The Labute approximate surface area is 218 Å². The van der Waals surface area contributed by atoms with Crippen LogP contribution in [-0.2, 0) is 19.1 Å². The minimum absolute atomic E-state index is 0.0843. The fourth-order valence-corrected chi connectivity index (χ4v) is 4.10. The number of esters is 2. The maximum Gasteiger partial charge on any atom is 0.313 e. The molecular weight excluding hydrogens is 452 g/mol. The van der Waals surface area contributed by atoms with Gasteiger partial charge < -0.3 is 19.3 Å². The zero-order chi connectivity index (χ0) is 27.4. The second-order valence-corrected chi connectivity index (χ2v) is 10.2. The Morgan fingerprint density at radius 1 is 0.639 bits per heavy atom. The van der Waals surface area contributed by atoms with Crippen molar-refractivity contribution in [1.29, 1.82) is 0 Å². The van der Waals surface area contributed by atoms with Crippen LogP contribution in [0.1, 0.15) is 61.8 Å². The second kappa shape index (κ2) is 15.4. The summed E-state index contributed by atoms with van der Waals surface area (Å²) in [4.78, 5) is 28.1. The van der Waals surface area contributed by atoms with Crippen molar-refractivity contribution in [2.45, 2.75) is 65.6 Å². The number of hydrogen-bond acceptors (Lipinski definition) is 6. The van der Waals surface area contributed by atoms with E-state index in [1.54, 1.807) is 0 Å². The van der Waals surface area contributed by atoms with Crippen molar-refractivity contribution in [1.82, 2.24) is 9.80 Å². The first-order valence-electron chi connectivity index (χ1n) is 12.6. The molecule has 0 radical (unpaired) electrons. The van der Waals surface area contributed by atoms with Crippen LogP contribution in [0, 0.1) is 13.8 Å². The van der Waals surface area contributed by atoms with Gasteiger partial charge in [-0.15, -0.1) is 0 Å². The Morgan fingerprint density at radius 3 is 1.22 bits per heavy atom. The highest BCUT2D eigenvalue weighted by Crippen LogP contribution is 2.22. The summed E-state index contributed by atoms with van der Waals surface area (Å²) < 4.78 is 10.9. The molecule has 0 heterocycles. The molecule has 0 aliphatic rings. The number of aryl methyl sites for hydroxylation is 2. The molecule has 0 saturated carbocycles. The van der Waals surface area contributed by atoms with Gasteiger partial charge in [-0.3, -0.25) is 9.59 Å². The Kier molecular flexibility index (Phi) is 13.4. The number of hydrogen-bond donors (Lipinski definition) is 0. The van der Waals surface area contributed by atoms with Gasteiger partial charge in [-0.05, 0) is 92.0 Å². The monoisotopic (exact) mass is 498 g/mol. The van der Waals surface area contributed by atoms with E-state index in [-0.39, 0.29) is 36.0 Å². The Balaban J connectivity index is 0.000000360. The van der Waals surface area contributed by atoms with Crippen LogP contribution in [-0.4, -0.2) is 75.2 Å². The van der Waals surface area contributed by atoms with Crippen LogP contribution >= 0.6 is 0 Å². The molecule has 0 aromatic heterocycles. The van der Waals surface area contributed by atoms with E-state index in [1.165, 1.54) is 0 Å². The molecule has 0 N–H and O–H groups in total. The van der Waals surface area contributed by atoms with E-state index >= 15 is 0 Å². The molecule has 0 fully saturated rings. The normalized spacial score (nSPS) is 14.3. The molecule has 4 atom stereocenters. The van der Waals surface area contributed by atoms with Crippen LogP contribution < -0.4 is 0 Å². The molecule has 0 amide bonds. The lowest BCUT2D eigenvalue weighted by molar-refractivity contribution is -0.151. The average Bonchev–Trinajstić information content (AvgIpc) is 2.78. The molecule has 36 heavy (non-hydrogen) atoms. The summed E-state index contributed by atoms with van der Waals surface area (Å²) in [7, 11) is 7.87. The van der Waals surface area contributed by atoms with Gasteiger partial charge in [-0.1, -0.05) is 48.5 Å². The topological polar surface area (TPSA) is 59.1 Å². The van der Waals surface area contributed by atoms with Gasteiger partial charge >= 0.3 is 11.9 Å². The quantitative estimate of drug-likeness (QED) is 0.421. The van der Waals surface area contributed by atoms with Crippen molar-refractivity contribution < 1.29 is 19.1 Å². The molecule has 0 saturated heterocycles. The minimum atomic E-state index is -0.212. The SMILES string of the molecule is Cc1ccccc1[C@@H](C)C(=O)O[C@H](C)CN(C)C.Cc1ccccc1[C@H](C)C(=O)O[C@H](C)CN(C)C. The van der Waals surface area contributed by atoms with Crippen molar-refractivity contribution in [2.24, 2.45) is 0 Å². The third-order valence-electron chi connectivity index (χ3n) is 5.90. The molecule has 6 heteroatoms. The number of rotatable bonds is 10. The zero-order valence-corrected chi connectivity index (χ0v) is 23.9. The maximum absolute atomic E-state index is 12.0. The number of ether oxygens (including phenoxy) is 2. The predicted octanol–water partition coefficient (Wildman–Crippen LogP) is 5.18. The Bertz CT molecular complexity index is 880. The van der Waals surface area contributed by atoms with Crippen molar-refractivity contribution >= 4 is 11.9 Å². The standard InChI is InChI=1S/2C15H23NO2/c2*1-11-8-6-7-9-14(11)13(3)15(17)18-12(2)10-16(4)5/h2*6-9,12-13H,10H2,1-5H3/t12-,13+;12-,13-/m11/s1. The lowest BCUT2D eigenvalue weighted by atomic mass is 9.97. The van der Waals surface area contributed by atoms with E-state index in [1.807, 2.05) is 128 Å². The van der Waals surface area contributed by atoms with E-state index in [0.717, 1.165) is 35.3 Å². The number of nitrogens with zero attached hydrogens (tertiary/aromatic N) is 2. The highest BCUT2D eigenvalue weighted by Gasteiger charge is 2.21. The lowest BCUT2D eigenvalue weighted by Gasteiger charge is -2.20. The molecule has 0 bridgehead atoms. The third-order valence-corrected chi connectivity index (χ3v) is 5.90. The van der Waals surface area contributed by atoms with Crippen molar-refractivity contribution in [2.75, 3.05) is 41.3 Å². The van der Waals surface area contributed by atoms with E-state index in [9.17, 15) is 9.59 Å². The van der Waals surface area contributed by atoms with Crippen molar-refractivity contribution in [3.05, 3.63) is 70.8 Å². The maximum atomic E-state index is 12.0. The van der Waals surface area contributed by atoms with Crippen LogP contribution in [0.15, 0.2) is 48.5 Å². The molecular formula is C30H46N2O4. The molecule has 6 nitrogen and oxygen atoms in total. The fraction of sp³-hybridized carbons (Fsp3) is 0.533. The van der Waals surface area contributed by atoms with E-state index in [2.05, 4.69) is 0 Å². The van der Waals surface area contributed by atoms with Gasteiger partial charge in [0.2, 0.25) is 0 Å². The summed E-state index contributed by atoms with van der Waals surface area (Å²) in [5.41, 5.74) is 4.34. The van der Waals surface area contributed by atoms with Gasteiger partial charge in [0, 0.05) is 13.1 Å². The minimum Gasteiger partial charge on any atom is -0.461 e. The molecule has 2 aromatic rings. The first kappa shape index (κ1) is 31.3. The van der Waals surface area contributed by atoms with Crippen LogP contribution in [0.25, 0.3) is 0 Å². The van der Waals surface area contributed by atoms with Gasteiger partial charge in [-0.25, -0.2) is 0 Å². The van der Waals surface area contributed by atoms with Crippen LogP contribution in [0.4, 0.5) is 0 Å². The molecule has 2 aromatic carbocycles. The molecule has 200 valence electrons. The Morgan fingerprint density at radius 2 is 0.944 bits per heavy atom. The first-order valence-corrected chi connectivity index (χ1v) is 12.6.